The van der Waals surface area contributed by atoms with Crippen LogP contribution in [0, 0.1) is 5.41 Å². The Bertz CT molecular complexity index is 422. The van der Waals surface area contributed by atoms with Crippen molar-refractivity contribution >= 4 is 5.96 Å². The number of aliphatic imine (C=N–C) groups is 1. The van der Waals surface area contributed by atoms with Gasteiger partial charge in [0.1, 0.15) is 0 Å². The van der Waals surface area contributed by atoms with Crippen LogP contribution in [0.1, 0.15) is 52.4 Å². The van der Waals surface area contributed by atoms with Crippen LogP contribution in [0.25, 0.3) is 0 Å². The molecular weight excluding hydrogens is 290 g/mol. The molecule has 3 N–H and O–H groups in total. The van der Waals surface area contributed by atoms with E-state index in [9.17, 15) is 5.11 Å². The van der Waals surface area contributed by atoms with E-state index in [2.05, 4.69) is 30.6 Å². The molecule has 0 aromatic rings. The topological polar surface area (TPSA) is 65.9 Å². The van der Waals surface area contributed by atoms with Crippen LogP contribution < -0.4 is 10.6 Å². The molecule has 2 aliphatic rings. The van der Waals surface area contributed by atoms with E-state index in [1.165, 1.54) is 12.0 Å². The lowest BCUT2D eigenvalue weighted by atomic mass is 9.73. The van der Waals surface area contributed by atoms with E-state index in [1.54, 1.807) is 0 Å². The fourth-order valence-corrected chi connectivity index (χ4v) is 3.30. The van der Waals surface area contributed by atoms with E-state index in [4.69, 9.17) is 9.73 Å². The summed E-state index contributed by atoms with van der Waals surface area (Å²) in [5.74, 6) is 0.860. The Balaban J connectivity index is 1.82. The van der Waals surface area contributed by atoms with Crippen LogP contribution in [0.2, 0.25) is 0 Å². The maximum Gasteiger partial charge on any atom is 0.191 e. The second-order valence-electron chi connectivity index (χ2n) is 6.97. The molecule has 1 fully saturated rings. The summed E-state index contributed by atoms with van der Waals surface area (Å²) in [5, 5.41) is 17.0. The first kappa shape index (κ1) is 18.3. The van der Waals surface area contributed by atoms with Crippen molar-refractivity contribution in [2.45, 2.75) is 58.5 Å². The second-order valence-corrected chi connectivity index (χ2v) is 6.97. The van der Waals surface area contributed by atoms with Gasteiger partial charge in [-0.1, -0.05) is 31.4 Å². The van der Waals surface area contributed by atoms with Crippen LogP contribution in [0.4, 0.5) is 0 Å². The average molecular weight is 323 g/mol. The molecular formula is C18H33N3O2. The number of hydrogen-bond acceptors (Lipinski definition) is 3. The first-order valence-electron chi connectivity index (χ1n) is 9.10. The van der Waals surface area contributed by atoms with Gasteiger partial charge in [0.05, 0.1) is 25.9 Å². The van der Waals surface area contributed by atoms with E-state index < -0.39 is 0 Å². The van der Waals surface area contributed by atoms with Gasteiger partial charge in [0.2, 0.25) is 0 Å². The maximum absolute atomic E-state index is 10.3. The first-order chi connectivity index (χ1) is 11.1. The van der Waals surface area contributed by atoms with Gasteiger partial charge in [-0.25, -0.2) is 0 Å². The minimum Gasteiger partial charge on any atom is -0.392 e. The Hall–Kier alpha value is -1.07. The maximum atomic E-state index is 10.3. The number of rotatable bonds is 6. The molecule has 0 aromatic heterocycles. The van der Waals surface area contributed by atoms with Crippen molar-refractivity contribution in [2.24, 2.45) is 10.4 Å². The van der Waals surface area contributed by atoms with Crippen LogP contribution in [0.5, 0.6) is 0 Å². The Kier molecular flexibility index (Phi) is 7.37. The molecule has 1 saturated carbocycles. The fourth-order valence-electron chi connectivity index (χ4n) is 3.30. The number of aliphatic hydroxyl groups is 1. The van der Waals surface area contributed by atoms with Gasteiger partial charge < -0.3 is 20.5 Å². The molecule has 0 bridgehead atoms. The molecule has 2 atom stereocenters. The summed E-state index contributed by atoms with van der Waals surface area (Å²) >= 11 is 0. The number of aliphatic hydroxyl groups excluding tert-OH is 1. The summed E-state index contributed by atoms with van der Waals surface area (Å²) in [7, 11) is 0. The van der Waals surface area contributed by atoms with Gasteiger partial charge in [-0.05, 0) is 32.6 Å². The van der Waals surface area contributed by atoms with Crippen molar-refractivity contribution in [3.05, 3.63) is 11.6 Å². The van der Waals surface area contributed by atoms with Crippen molar-refractivity contribution < 1.29 is 9.84 Å². The van der Waals surface area contributed by atoms with Crippen LogP contribution in [0.15, 0.2) is 16.6 Å². The highest BCUT2D eigenvalue weighted by atomic mass is 16.5. The largest absolute Gasteiger partial charge is 0.392 e. The molecule has 1 aliphatic heterocycles. The third-order valence-corrected chi connectivity index (χ3v) is 5.02. The van der Waals surface area contributed by atoms with E-state index >= 15 is 0 Å². The molecule has 1 heterocycles. The van der Waals surface area contributed by atoms with Crippen molar-refractivity contribution in [3.8, 4) is 0 Å². The number of hydrogen-bond donors (Lipinski definition) is 3. The molecule has 132 valence electrons. The van der Waals surface area contributed by atoms with Gasteiger partial charge >= 0.3 is 0 Å². The Morgan fingerprint density at radius 2 is 2.30 bits per heavy atom. The van der Waals surface area contributed by atoms with Gasteiger partial charge in [0, 0.05) is 18.5 Å². The Morgan fingerprint density at radius 3 is 3.00 bits per heavy atom. The summed E-state index contributed by atoms with van der Waals surface area (Å²) < 4.78 is 5.34. The number of ether oxygens (including phenoxy) is 1. The van der Waals surface area contributed by atoms with Gasteiger partial charge in [0.25, 0.3) is 0 Å². The molecule has 2 unspecified atom stereocenters. The molecule has 0 aromatic carbocycles. The predicted molar refractivity (Wildman–Crippen MR) is 94.7 cm³/mol. The van der Waals surface area contributed by atoms with E-state index in [0.717, 1.165) is 64.4 Å². The van der Waals surface area contributed by atoms with Gasteiger partial charge in [-0.15, -0.1) is 0 Å². The van der Waals surface area contributed by atoms with Crippen molar-refractivity contribution in [1.29, 1.82) is 0 Å². The molecule has 1 aliphatic carbocycles. The average Bonchev–Trinajstić information content (AvgIpc) is 2.57. The van der Waals surface area contributed by atoms with E-state index in [-0.39, 0.29) is 11.5 Å². The monoisotopic (exact) mass is 323 g/mol. The zero-order valence-corrected chi connectivity index (χ0v) is 14.7. The summed E-state index contributed by atoms with van der Waals surface area (Å²) in [5.41, 5.74) is 1.39. The standard InChI is InChI=1S/C18H33N3O2/c1-3-19-17(20-11-7-15-8-12-23-13-9-15)21-14-18(2)10-5-4-6-16(18)22/h8,16,22H,3-7,9-14H2,1-2H3,(H2,19,20,21). The molecule has 0 spiro atoms. The third-order valence-electron chi connectivity index (χ3n) is 5.02. The lowest BCUT2D eigenvalue weighted by molar-refractivity contribution is 0.00716. The number of nitrogens with zero attached hydrogens (tertiary/aromatic N) is 1. The van der Waals surface area contributed by atoms with Gasteiger partial charge in [0.15, 0.2) is 5.96 Å². The van der Waals surface area contributed by atoms with E-state index in [0.29, 0.717) is 6.54 Å². The summed E-state index contributed by atoms with van der Waals surface area (Å²) in [6, 6.07) is 0. The molecule has 0 saturated heterocycles. The van der Waals surface area contributed by atoms with Crippen molar-refractivity contribution in [3.63, 3.8) is 0 Å². The number of nitrogens with one attached hydrogen (secondary N) is 2. The van der Waals surface area contributed by atoms with Crippen molar-refractivity contribution in [2.75, 3.05) is 32.8 Å². The highest BCUT2D eigenvalue weighted by Gasteiger charge is 2.35. The Labute approximate surface area is 140 Å². The van der Waals surface area contributed by atoms with Crippen molar-refractivity contribution in [1.82, 2.24) is 10.6 Å². The zero-order chi connectivity index (χ0) is 16.5. The summed E-state index contributed by atoms with van der Waals surface area (Å²) in [6.45, 7) is 8.25. The molecule has 23 heavy (non-hydrogen) atoms. The quantitative estimate of drug-likeness (QED) is 0.398. The molecule has 0 amide bonds. The number of guanidine groups is 1. The minimum absolute atomic E-state index is 0.0795. The second kappa shape index (κ2) is 9.28. The SMILES string of the molecule is CCNC(=NCC1(C)CCCCC1O)NCCC1=CCOCC1. The summed E-state index contributed by atoms with van der Waals surface area (Å²) in [6.07, 6.45) is 8.34. The minimum atomic E-state index is -0.227. The first-order valence-corrected chi connectivity index (χ1v) is 9.10. The van der Waals surface area contributed by atoms with Crippen LogP contribution in [-0.4, -0.2) is 50.0 Å². The van der Waals surface area contributed by atoms with Crippen LogP contribution in [-0.2, 0) is 4.74 Å². The van der Waals surface area contributed by atoms with E-state index in [1.807, 2.05) is 0 Å². The normalized spacial score (nSPS) is 29.1. The summed E-state index contributed by atoms with van der Waals surface area (Å²) in [4.78, 5) is 4.73. The Morgan fingerprint density at radius 1 is 1.43 bits per heavy atom. The molecule has 2 rings (SSSR count). The smallest absolute Gasteiger partial charge is 0.191 e. The lowest BCUT2D eigenvalue weighted by Crippen LogP contribution is -2.42. The third kappa shape index (κ3) is 5.81. The van der Waals surface area contributed by atoms with Crippen LogP contribution in [0.3, 0.4) is 0 Å². The van der Waals surface area contributed by atoms with Gasteiger partial charge in [-0.3, -0.25) is 4.99 Å². The molecule has 0 radical (unpaired) electrons. The van der Waals surface area contributed by atoms with Crippen LogP contribution >= 0.6 is 0 Å². The predicted octanol–water partition coefficient (Wildman–Crippen LogP) is 2.22. The van der Waals surface area contributed by atoms with Gasteiger partial charge in [-0.2, -0.15) is 0 Å². The zero-order valence-electron chi connectivity index (χ0n) is 14.7. The highest BCUT2D eigenvalue weighted by Crippen LogP contribution is 2.36. The highest BCUT2D eigenvalue weighted by molar-refractivity contribution is 5.79. The fraction of sp³-hybridized carbons (Fsp3) is 0.833. The molecule has 5 heteroatoms. The lowest BCUT2D eigenvalue weighted by Gasteiger charge is -2.37. The molecule has 5 nitrogen and oxygen atoms in total.